The predicted octanol–water partition coefficient (Wildman–Crippen LogP) is 2.58. The number of phenolic OH excluding ortho intramolecular Hbond substituents is 1. The number of rotatable bonds is 3. The molecule has 7 atom stereocenters. The molecule has 7 aliphatic rings. The number of phenols is 1. The van der Waals surface area contributed by atoms with E-state index in [4.69, 9.17) is 0 Å². The molecular formula is C28H35N3O3. The van der Waals surface area contributed by atoms with E-state index in [-0.39, 0.29) is 34.7 Å². The number of carbonyl (C=O) groups is 2. The normalized spacial score (nSPS) is 44.1. The molecule has 3 heterocycles. The molecular weight excluding hydrogens is 426 g/mol. The average Bonchev–Trinajstić information content (AvgIpc) is 3.33. The van der Waals surface area contributed by atoms with Crippen molar-refractivity contribution in [3.63, 3.8) is 0 Å². The van der Waals surface area contributed by atoms with Crippen molar-refractivity contribution in [2.75, 3.05) is 19.6 Å². The maximum Gasteiger partial charge on any atom is 0.245 e. The van der Waals surface area contributed by atoms with Crippen LogP contribution in [0.2, 0.25) is 0 Å². The smallest absolute Gasteiger partial charge is 0.245 e. The molecule has 2 N–H and O–H groups in total. The van der Waals surface area contributed by atoms with Crippen LogP contribution in [0.25, 0.3) is 0 Å². The number of piperidine rings is 1. The van der Waals surface area contributed by atoms with E-state index >= 15 is 0 Å². The first-order chi connectivity index (χ1) is 16.5. The van der Waals surface area contributed by atoms with Gasteiger partial charge in [-0.2, -0.15) is 0 Å². The number of likely N-dealkylation sites (tertiary alicyclic amines) is 2. The Morgan fingerprint density at radius 2 is 2.06 bits per heavy atom. The lowest BCUT2D eigenvalue weighted by Crippen LogP contribution is -2.70. The molecule has 6 fully saturated rings. The molecule has 3 saturated heterocycles. The minimum Gasteiger partial charge on any atom is -0.508 e. The lowest BCUT2D eigenvalue weighted by atomic mass is 9.43. The molecule has 1 aromatic rings. The SMILES string of the molecule is O=C1CC[C@H](C(=O)N2C[C@H]3CC45CCC2C3C42CCN(CC3CC3)C5Cc3ccc(O)cc32)N1. The quantitative estimate of drug-likeness (QED) is 0.726. The van der Waals surface area contributed by atoms with Gasteiger partial charge in [-0.1, -0.05) is 6.07 Å². The van der Waals surface area contributed by atoms with Crippen LogP contribution in [-0.2, 0) is 21.4 Å². The van der Waals surface area contributed by atoms with Crippen LogP contribution >= 0.6 is 0 Å². The van der Waals surface area contributed by atoms with E-state index < -0.39 is 0 Å². The molecule has 3 aliphatic heterocycles. The lowest BCUT2D eigenvalue weighted by Gasteiger charge is -2.66. The largest absolute Gasteiger partial charge is 0.508 e. The lowest BCUT2D eigenvalue weighted by molar-refractivity contribution is -0.142. The van der Waals surface area contributed by atoms with E-state index in [0.29, 0.717) is 36.5 Å². The summed E-state index contributed by atoms with van der Waals surface area (Å²) in [6.45, 7) is 3.27. The molecule has 0 aromatic heterocycles. The second-order valence-corrected chi connectivity index (χ2v) is 12.6. The summed E-state index contributed by atoms with van der Waals surface area (Å²) in [4.78, 5) is 30.5. The number of hydrogen-bond acceptors (Lipinski definition) is 4. The van der Waals surface area contributed by atoms with Crippen LogP contribution in [0, 0.1) is 23.2 Å². The van der Waals surface area contributed by atoms with Crippen LogP contribution < -0.4 is 5.32 Å². The van der Waals surface area contributed by atoms with Crippen molar-refractivity contribution in [2.24, 2.45) is 23.2 Å². The van der Waals surface area contributed by atoms with Gasteiger partial charge in [0, 0.05) is 37.0 Å². The third-order valence-corrected chi connectivity index (χ3v) is 11.3. The minimum absolute atomic E-state index is 0.0153. The van der Waals surface area contributed by atoms with Gasteiger partial charge in [0.25, 0.3) is 0 Å². The second kappa shape index (κ2) is 6.57. The first-order valence-electron chi connectivity index (χ1n) is 13.7. The molecule has 6 nitrogen and oxygen atoms in total. The van der Waals surface area contributed by atoms with E-state index in [0.717, 1.165) is 38.3 Å². The molecule has 3 saturated carbocycles. The van der Waals surface area contributed by atoms with Gasteiger partial charge < -0.3 is 15.3 Å². The molecule has 1 aromatic carbocycles. The summed E-state index contributed by atoms with van der Waals surface area (Å²) < 4.78 is 0. The molecule has 4 bridgehead atoms. The highest BCUT2D eigenvalue weighted by Crippen LogP contribution is 2.75. The first kappa shape index (κ1) is 20.1. The molecule has 8 rings (SSSR count). The Hall–Kier alpha value is -2.08. The summed E-state index contributed by atoms with van der Waals surface area (Å²) in [7, 11) is 0. The standard InChI is InChI=1S/C28H35N3O3/c32-19-4-3-17-11-23-27-8-7-22-25(18(13-27)15-31(22)26(34)21-5-6-24(33)29-21)28(27,20(17)12-19)9-10-30(23)14-16-1-2-16/h3-4,12,16,18,21-23,25,32H,1-2,5-11,13-15H2,(H,29,33)/t18-,21-,22?,23?,25?,27?,28?/m1/s1. The fraction of sp³-hybridized carbons (Fsp3) is 0.714. The molecule has 6 heteroatoms. The average molecular weight is 462 g/mol. The number of fused-ring (bicyclic) bond motifs is 1. The Bertz CT molecular complexity index is 1100. The Morgan fingerprint density at radius 3 is 2.85 bits per heavy atom. The van der Waals surface area contributed by atoms with Gasteiger partial charge in [0.15, 0.2) is 0 Å². The summed E-state index contributed by atoms with van der Waals surface area (Å²) in [6.07, 6.45) is 9.68. The van der Waals surface area contributed by atoms with Crippen LogP contribution in [0.3, 0.4) is 0 Å². The van der Waals surface area contributed by atoms with Crippen molar-refractivity contribution in [2.45, 2.75) is 81.3 Å². The zero-order valence-electron chi connectivity index (χ0n) is 19.8. The Morgan fingerprint density at radius 1 is 1.18 bits per heavy atom. The summed E-state index contributed by atoms with van der Waals surface area (Å²) in [6, 6.07) is 6.72. The number of hydrogen-bond donors (Lipinski definition) is 2. The molecule has 0 spiro atoms. The summed E-state index contributed by atoms with van der Waals surface area (Å²) in [5, 5.41) is 13.5. The highest BCUT2D eigenvalue weighted by Gasteiger charge is 2.76. The van der Waals surface area contributed by atoms with Gasteiger partial charge in [0.05, 0.1) is 0 Å². The summed E-state index contributed by atoms with van der Waals surface area (Å²) in [5.74, 6) is 2.47. The maximum absolute atomic E-state index is 13.6. The summed E-state index contributed by atoms with van der Waals surface area (Å²) in [5.41, 5.74) is 3.21. The molecule has 4 aliphatic carbocycles. The zero-order chi connectivity index (χ0) is 22.8. The van der Waals surface area contributed by atoms with Gasteiger partial charge in [-0.3, -0.25) is 14.5 Å². The predicted molar refractivity (Wildman–Crippen MR) is 126 cm³/mol. The Balaban J connectivity index is 1.23. The van der Waals surface area contributed by atoms with E-state index in [1.807, 2.05) is 6.07 Å². The highest BCUT2D eigenvalue weighted by atomic mass is 16.3. The van der Waals surface area contributed by atoms with Gasteiger partial charge in [-0.15, -0.1) is 0 Å². The van der Waals surface area contributed by atoms with Gasteiger partial charge in [0.1, 0.15) is 11.8 Å². The number of nitrogens with zero attached hydrogens (tertiary/aromatic N) is 2. The van der Waals surface area contributed by atoms with Crippen LogP contribution in [0.4, 0.5) is 0 Å². The highest BCUT2D eigenvalue weighted by molar-refractivity contribution is 5.91. The fourth-order valence-electron chi connectivity index (χ4n) is 10.2. The van der Waals surface area contributed by atoms with Gasteiger partial charge >= 0.3 is 0 Å². The van der Waals surface area contributed by atoms with Crippen molar-refractivity contribution in [1.82, 2.24) is 15.1 Å². The first-order valence-corrected chi connectivity index (χ1v) is 13.7. The van der Waals surface area contributed by atoms with E-state index in [9.17, 15) is 14.7 Å². The number of aromatic hydroxyl groups is 1. The topological polar surface area (TPSA) is 72.9 Å². The fourth-order valence-corrected chi connectivity index (χ4v) is 10.2. The van der Waals surface area contributed by atoms with Crippen LogP contribution in [0.5, 0.6) is 5.75 Å². The van der Waals surface area contributed by atoms with Gasteiger partial charge in [-0.25, -0.2) is 0 Å². The van der Waals surface area contributed by atoms with Gasteiger partial charge in [-0.05, 0) is 104 Å². The number of amides is 2. The summed E-state index contributed by atoms with van der Waals surface area (Å²) >= 11 is 0. The van der Waals surface area contributed by atoms with E-state index in [1.54, 1.807) is 0 Å². The van der Waals surface area contributed by atoms with Crippen molar-refractivity contribution in [1.29, 1.82) is 0 Å². The molecule has 2 amide bonds. The molecule has 5 unspecified atom stereocenters. The number of nitrogens with one attached hydrogen (secondary N) is 1. The number of benzene rings is 1. The Kier molecular flexibility index (Phi) is 3.89. The van der Waals surface area contributed by atoms with E-state index in [1.165, 1.54) is 43.4 Å². The third-order valence-electron chi connectivity index (χ3n) is 11.3. The third kappa shape index (κ3) is 2.36. The van der Waals surface area contributed by atoms with E-state index in [2.05, 4.69) is 27.2 Å². The van der Waals surface area contributed by atoms with Crippen molar-refractivity contribution < 1.29 is 14.7 Å². The minimum atomic E-state index is -0.327. The molecule has 34 heavy (non-hydrogen) atoms. The molecule has 0 radical (unpaired) electrons. The number of carbonyl (C=O) groups excluding carboxylic acids is 2. The molecule has 180 valence electrons. The van der Waals surface area contributed by atoms with Crippen molar-refractivity contribution >= 4 is 11.8 Å². The van der Waals surface area contributed by atoms with Gasteiger partial charge in [0.2, 0.25) is 11.8 Å². The van der Waals surface area contributed by atoms with Crippen molar-refractivity contribution in [3.8, 4) is 5.75 Å². The van der Waals surface area contributed by atoms with Crippen molar-refractivity contribution in [3.05, 3.63) is 29.3 Å². The van der Waals surface area contributed by atoms with Crippen LogP contribution in [0.1, 0.15) is 62.5 Å². The van der Waals surface area contributed by atoms with Crippen LogP contribution in [0.15, 0.2) is 18.2 Å². The Labute approximate surface area is 201 Å². The zero-order valence-corrected chi connectivity index (χ0v) is 19.8. The second-order valence-electron chi connectivity index (χ2n) is 12.6. The monoisotopic (exact) mass is 461 g/mol. The maximum atomic E-state index is 13.6. The van der Waals surface area contributed by atoms with Crippen LogP contribution in [-0.4, -0.2) is 64.5 Å².